The van der Waals surface area contributed by atoms with Crippen LogP contribution in [0.2, 0.25) is 0 Å². The second-order valence-corrected chi connectivity index (χ2v) is 2.76. The van der Waals surface area contributed by atoms with Crippen LogP contribution in [0.25, 0.3) is 0 Å². The summed E-state index contributed by atoms with van der Waals surface area (Å²) in [7, 11) is 0. The molecule has 0 bridgehead atoms. The van der Waals surface area contributed by atoms with Crippen molar-refractivity contribution in [3.63, 3.8) is 0 Å². The number of rotatable bonds is 3. The van der Waals surface area contributed by atoms with E-state index < -0.39 is 0 Å². The van der Waals surface area contributed by atoms with Crippen LogP contribution in [-0.2, 0) is 6.42 Å². The summed E-state index contributed by atoms with van der Waals surface area (Å²) in [5, 5.41) is 0. The van der Waals surface area contributed by atoms with E-state index in [9.17, 15) is 0 Å². The van der Waals surface area contributed by atoms with Crippen LogP contribution in [0.4, 0.5) is 0 Å². The van der Waals surface area contributed by atoms with Gasteiger partial charge in [-0.15, -0.1) is 0 Å². The second kappa shape index (κ2) is 8.66. The molecule has 0 heterocycles. The van der Waals surface area contributed by atoms with Gasteiger partial charge in [0.25, 0.3) is 0 Å². The van der Waals surface area contributed by atoms with Gasteiger partial charge in [0.2, 0.25) is 0 Å². The van der Waals surface area contributed by atoms with Crippen molar-refractivity contribution in [3.05, 3.63) is 35.9 Å². The van der Waals surface area contributed by atoms with Gasteiger partial charge >= 0.3 is 0 Å². The zero-order valence-electron chi connectivity index (χ0n) is 7.96. The van der Waals surface area contributed by atoms with Crippen molar-refractivity contribution in [1.82, 2.24) is 0 Å². The number of benzene rings is 1. The van der Waals surface area contributed by atoms with E-state index in [1.165, 1.54) is 12.0 Å². The largest absolute Gasteiger partial charge is 0.179 e. The Labute approximate surface area is 81.4 Å². The first kappa shape index (κ1) is 11.6. The fourth-order valence-corrected chi connectivity index (χ4v) is 1.09. The summed E-state index contributed by atoms with van der Waals surface area (Å²) in [4.78, 5) is 0. The van der Waals surface area contributed by atoms with Crippen LogP contribution < -0.4 is 0 Å². The molecule has 12 heavy (non-hydrogen) atoms. The maximum absolute atomic E-state index is 4.15. The van der Waals surface area contributed by atoms with Crippen LogP contribution in [0.5, 0.6) is 0 Å². The number of hydrogen-bond acceptors (Lipinski definition) is 1. The van der Waals surface area contributed by atoms with Crippen LogP contribution in [0, 0.1) is 0 Å². The average Bonchev–Trinajstić information content (AvgIpc) is 2.19. The molecule has 0 amide bonds. The monoisotopic (exact) mass is 182 g/mol. The number of hydrogen-bond donors (Lipinski definition) is 1. The van der Waals surface area contributed by atoms with Gasteiger partial charge in [0.05, 0.1) is 0 Å². The van der Waals surface area contributed by atoms with E-state index in [4.69, 9.17) is 0 Å². The highest BCUT2D eigenvalue weighted by Crippen LogP contribution is 2.02. The van der Waals surface area contributed by atoms with Crippen molar-refractivity contribution in [2.75, 3.05) is 5.75 Å². The fourth-order valence-electron chi connectivity index (χ4n) is 0.928. The zero-order chi connectivity index (χ0) is 9.23. The topological polar surface area (TPSA) is 0 Å². The SMILES string of the molecule is CC.SCCCc1ccccc1. The summed E-state index contributed by atoms with van der Waals surface area (Å²) >= 11 is 4.15. The Balaban J connectivity index is 0.000000561. The van der Waals surface area contributed by atoms with Crippen LogP contribution in [0.1, 0.15) is 25.8 Å². The molecule has 0 saturated carbocycles. The molecule has 0 saturated heterocycles. The molecule has 0 atom stereocenters. The average molecular weight is 182 g/mol. The van der Waals surface area contributed by atoms with Gasteiger partial charge in [0.15, 0.2) is 0 Å². The van der Waals surface area contributed by atoms with E-state index in [2.05, 4.69) is 36.9 Å². The third kappa shape index (κ3) is 5.25. The van der Waals surface area contributed by atoms with E-state index in [1.807, 2.05) is 19.9 Å². The summed E-state index contributed by atoms with van der Waals surface area (Å²) < 4.78 is 0. The van der Waals surface area contributed by atoms with Crippen LogP contribution >= 0.6 is 12.6 Å². The van der Waals surface area contributed by atoms with Crippen molar-refractivity contribution < 1.29 is 0 Å². The number of aryl methyl sites for hydroxylation is 1. The lowest BCUT2D eigenvalue weighted by molar-refractivity contribution is 0.936. The van der Waals surface area contributed by atoms with E-state index in [0.29, 0.717) is 0 Å². The van der Waals surface area contributed by atoms with Gasteiger partial charge in [0.1, 0.15) is 0 Å². The lowest BCUT2D eigenvalue weighted by Crippen LogP contribution is -1.84. The maximum Gasteiger partial charge on any atom is -0.00947 e. The molecule has 0 radical (unpaired) electrons. The maximum atomic E-state index is 4.15. The molecule has 1 aromatic carbocycles. The Kier molecular flexibility index (Phi) is 8.35. The third-order valence-corrected chi connectivity index (χ3v) is 1.78. The summed E-state index contributed by atoms with van der Waals surface area (Å²) in [5.41, 5.74) is 1.41. The molecule has 68 valence electrons. The molecule has 1 aromatic rings. The summed E-state index contributed by atoms with van der Waals surface area (Å²) in [6, 6.07) is 10.5. The molecule has 0 N–H and O–H groups in total. The Morgan fingerprint density at radius 2 is 1.67 bits per heavy atom. The molecule has 0 spiro atoms. The van der Waals surface area contributed by atoms with Crippen molar-refractivity contribution in [1.29, 1.82) is 0 Å². The smallest absolute Gasteiger partial charge is 0.00947 e. The van der Waals surface area contributed by atoms with Gasteiger partial charge in [-0.05, 0) is 24.2 Å². The van der Waals surface area contributed by atoms with Gasteiger partial charge in [0, 0.05) is 0 Å². The Morgan fingerprint density at radius 3 is 2.17 bits per heavy atom. The predicted octanol–water partition coefficient (Wildman–Crippen LogP) is 3.58. The van der Waals surface area contributed by atoms with Crippen molar-refractivity contribution in [3.8, 4) is 0 Å². The molecular weight excluding hydrogens is 164 g/mol. The molecule has 0 aromatic heterocycles. The molecule has 0 aliphatic heterocycles. The van der Waals surface area contributed by atoms with Gasteiger partial charge < -0.3 is 0 Å². The van der Waals surface area contributed by atoms with Gasteiger partial charge in [-0.25, -0.2) is 0 Å². The minimum atomic E-state index is 0.981. The Morgan fingerprint density at radius 1 is 1.08 bits per heavy atom. The predicted molar refractivity (Wildman–Crippen MR) is 60.0 cm³/mol. The Bertz CT molecular complexity index is 170. The second-order valence-electron chi connectivity index (χ2n) is 2.31. The van der Waals surface area contributed by atoms with E-state index in [0.717, 1.165) is 12.2 Å². The highest BCUT2D eigenvalue weighted by molar-refractivity contribution is 7.80. The van der Waals surface area contributed by atoms with E-state index in [1.54, 1.807) is 0 Å². The molecule has 0 fully saturated rings. The fraction of sp³-hybridized carbons (Fsp3) is 0.455. The lowest BCUT2D eigenvalue weighted by atomic mass is 10.1. The van der Waals surface area contributed by atoms with E-state index >= 15 is 0 Å². The van der Waals surface area contributed by atoms with Crippen LogP contribution in [0.3, 0.4) is 0 Å². The molecular formula is C11H18S. The first-order valence-electron chi connectivity index (χ1n) is 4.58. The normalized spacial score (nSPS) is 8.58. The third-order valence-electron chi connectivity index (χ3n) is 1.47. The van der Waals surface area contributed by atoms with Gasteiger partial charge in [-0.1, -0.05) is 44.2 Å². The quantitative estimate of drug-likeness (QED) is 0.679. The molecule has 1 rings (SSSR count). The van der Waals surface area contributed by atoms with Gasteiger partial charge in [-0.3, -0.25) is 0 Å². The van der Waals surface area contributed by atoms with Crippen molar-refractivity contribution in [2.45, 2.75) is 26.7 Å². The standard InChI is InChI=1S/C9H12S.C2H6/c10-8-4-7-9-5-2-1-3-6-9;1-2/h1-3,5-6,10H,4,7-8H2;1-2H3. The van der Waals surface area contributed by atoms with Crippen LogP contribution in [0.15, 0.2) is 30.3 Å². The minimum absolute atomic E-state index is 0.981. The Hall–Kier alpha value is -0.430. The minimum Gasteiger partial charge on any atom is -0.179 e. The van der Waals surface area contributed by atoms with Crippen molar-refractivity contribution >= 4 is 12.6 Å². The first-order chi connectivity index (χ1) is 5.93. The van der Waals surface area contributed by atoms with Crippen LogP contribution in [-0.4, -0.2) is 5.75 Å². The number of thiol groups is 1. The van der Waals surface area contributed by atoms with Gasteiger partial charge in [-0.2, -0.15) is 12.6 Å². The summed E-state index contributed by atoms with van der Waals surface area (Å²) in [6.07, 6.45) is 2.33. The summed E-state index contributed by atoms with van der Waals surface area (Å²) in [6.45, 7) is 4.00. The zero-order valence-corrected chi connectivity index (χ0v) is 8.85. The van der Waals surface area contributed by atoms with Crippen molar-refractivity contribution in [2.24, 2.45) is 0 Å². The highest BCUT2D eigenvalue weighted by Gasteiger charge is 1.87. The molecule has 0 aliphatic rings. The highest BCUT2D eigenvalue weighted by atomic mass is 32.1. The van der Waals surface area contributed by atoms with E-state index in [-0.39, 0.29) is 0 Å². The summed E-state index contributed by atoms with van der Waals surface area (Å²) in [5.74, 6) is 0.981. The molecule has 0 unspecified atom stereocenters. The first-order valence-corrected chi connectivity index (χ1v) is 5.21. The molecule has 0 aliphatic carbocycles. The lowest BCUT2D eigenvalue weighted by Gasteiger charge is -1.96. The molecule has 0 nitrogen and oxygen atoms in total. The molecule has 1 heteroatoms.